The van der Waals surface area contributed by atoms with Crippen LogP contribution < -0.4 is 9.64 Å². The second-order valence-corrected chi connectivity index (χ2v) is 5.07. The molecule has 0 saturated carbocycles. The summed E-state index contributed by atoms with van der Waals surface area (Å²) in [5.74, 6) is 0.917. The number of β-amino-alcohol motifs (C(OH)–C–C–N with tert-alkyl or cyclic N) is 1. The lowest BCUT2D eigenvalue weighted by molar-refractivity contribution is 0.0365. The summed E-state index contributed by atoms with van der Waals surface area (Å²) in [5, 5.41) is 9.77. The molecular formula is C15H24N2O3. The van der Waals surface area contributed by atoms with Crippen LogP contribution in [-0.4, -0.2) is 69.7 Å². The summed E-state index contributed by atoms with van der Waals surface area (Å²) in [5.41, 5.74) is 1.15. The van der Waals surface area contributed by atoms with Crippen molar-refractivity contribution in [2.24, 2.45) is 0 Å². The number of piperazine rings is 1. The first-order valence-electron chi connectivity index (χ1n) is 7.02. The number of anilines is 1. The van der Waals surface area contributed by atoms with Crippen LogP contribution in [0.5, 0.6) is 5.75 Å². The van der Waals surface area contributed by atoms with Crippen LogP contribution in [0.3, 0.4) is 0 Å². The number of methoxy groups -OCH3 is 2. The third kappa shape index (κ3) is 3.85. The Morgan fingerprint density at radius 3 is 2.50 bits per heavy atom. The molecule has 1 saturated heterocycles. The molecule has 0 bridgehead atoms. The van der Waals surface area contributed by atoms with E-state index in [2.05, 4.69) is 15.9 Å². The van der Waals surface area contributed by atoms with Gasteiger partial charge in [0.2, 0.25) is 0 Å². The van der Waals surface area contributed by atoms with Gasteiger partial charge in [-0.3, -0.25) is 4.90 Å². The highest BCUT2D eigenvalue weighted by molar-refractivity contribution is 5.58. The third-order valence-electron chi connectivity index (χ3n) is 3.63. The van der Waals surface area contributed by atoms with E-state index in [-0.39, 0.29) is 0 Å². The molecule has 1 aromatic rings. The highest BCUT2D eigenvalue weighted by Gasteiger charge is 2.20. The van der Waals surface area contributed by atoms with Gasteiger partial charge >= 0.3 is 0 Å². The normalized spacial score (nSPS) is 18.1. The second kappa shape index (κ2) is 7.47. The Morgan fingerprint density at radius 2 is 1.85 bits per heavy atom. The summed E-state index contributed by atoms with van der Waals surface area (Å²) in [6.45, 7) is 4.85. The first-order valence-corrected chi connectivity index (χ1v) is 7.02. The van der Waals surface area contributed by atoms with E-state index in [0.717, 1.165) is 37.6 Å². The van der Waals surface area contributed by atoms with Gasteiger partial charge in [0.1, 0.15) is 5.75 Å². The maximum absolute atomic E-state index is 9.77. The minimum atomic E-state index is -0.405. The topological polar surface area (TPSA) is 45.2 Å². The molecule has 2 rings (SSSR count). The van der Waals surface area contributed by atoms with E-state index in [1.165, 1.54) is 0 Å². The van der Waals surface area contributed by atoms with Crippen LogP contribution in [0.1, 0.15) is 0 Å². The lowest BCUT2D eigenvalue weighted by Gasteiger charge is -2.37. The highest BCUT2D eigenvalue weighted by Crippen LogP contribution is 2.28. The average molecular weight is 280 g/mol. The number of para-hydroxylation sites is 2. The van der Waals surface area contributed by atoms with Crippen LogP contribution >= 0.6 is 0 Å². The second-order valence-electron chi connectivity index (χ2n) is 5.07. The van der Waals surface area contributed by atoms with Crippen molar-refractivity contribution in [1.29, 1.82) is 0 Å². The van der Waals surface area contributed by atoms with Crippen molar-refractivity contribution in [2.45, 2.75) is 6.10 Å². The van der Waals surface area contributed by atoms with Gasteiger partial charge in [0.05, 0.1) is 25.5 Å². The summed E-state index contributed by atoms with van der Waals surface area (Å²) in [7, 11) is 3.32. The van der Waals surface area contributed by atoms with Crippen LogP contribution in [0.4, 0.5) is 5.69 Å². The Hall–Kier alpha value is -1.30. The fourth-order valence-corrected chi connectivity index (χ4v) is 2.61. The van der Waals surface area contributed by atoms with Crippen LogP contribution in [-0.2, 0) is 4.74 Å². The molecule has 0 radical (unpaired) electrons. The summed E-state index contributed by atoms with van der Waals surface area (Å²) in [4.78, 5) is 4.60. The Morgan fingerprint density at radius 1 is 1.15 bits per heavy atom. The molecule has 20 heavy (non-hydrogen) atoms. The van der Waals surface area contributed by atoms with Gasteiger partial charge in [0.25, 0.3) is 0 Å². The molecule has 1 aromatic carbocycles. The zero-order chi connectivity index (χ0) is 14.4. The van der Waals surface area contributed by atoms with Gasteiger partial charge in [-0.05, 0) is 12.1 Å². The van der Waals surface area contributed by atoms with Crippen molar-refractivity contribution < 1.29 is 14.6 Å². The maximum atomic E-state index is 9.77. The van der Waals surface area contributed by atoms with Gasteiger partial charge in [0, 0.05) is 39.8 Å². The van der Waals surface area contributed by atoms with E-state index in [1.54, 1.807) is 14.2 Å². The number of rotatable bonds is 6. The molecule has 1 aliphatic rings. The molecule has 1 fully saturated rings. The fourth-order valence-electron chi connectivity index (χ4n) is 2.61. The third-order valence-corrected chi connectivity index (χ3v) is 3.63. The van der Waals surface area contributed by atoms with Gasteiger partial charge in [0.15, 0.2) is 0 Å². The number of aliphatic hydroxyl groups excluding tert-OH is 1. The number of hydrogen-bond acceptors (Lipinski definition) is 5. The molecule has 1 aliphatic heterocycles. The Labute approximate surface area is 120 Å². The van der Waals surface area contributed by atoms with E-state index >= 15 is 0 Å². The van der Waals surface area contributed by atoms with Crippen molar-refractivity contribution in [1.82, 2.24) is 4.90 Å². The summed E-state index contributed by atoms with van der Waals surface area (Å²) in [6, 6.07) is 8.10. The SMILES string of the molecule is COC[C@@H](O)CN1CCN(c2ccccc2OC)CC1. The number of aliphatic hydroxyl groups is 1. The maximum Gasteiger partial charge on any atom is 0.142 e. The standard InChI is InChI=1S/C15H24N2O3/c1-19-12-13(18)11-16-7-9-17(10-8-16)14-5-3-4-6-15(14)20-2/h3-6,13,18H,7-12H2,1-2H3/t13-/m0/s1. The molecule has 0 unspecified atom stereocenters. The molecule has 5 nitrogen and oxygen atoms in total. The van der Waals surface area contributed by atoms with Crippen molar-refractivity contribution >= 4 is 5.69 Å². The molecule has 1 heterocycles. The summed E-state index contributed by atoms with van der Waals surface area (Å²) in [6.07, 6.45) is -0.405. The van der Waals surface area contributed by atoms with Gasteiger partial charge in [-0.1, -0.05) is 12.1 Å². The van der Waals surface area contributed by atoms with Gasteiger partial charge in [-0.25, -0.2) is 0 Å². The van der Waals surface area contributed by atoms with Crippen molar-refractivity contribution in [3.05, 3.63) is 24.3 Å². The summed E-state index contributed by atoms with van der Waals surface area (Å²) < 4.78 is 10.4. The van der Waals surface area contributed by atoms with E-state index in [0.29, 0.717) is 13.2 Å². The van der Waals surface area contributed by atoms with Crippen molar-refractivity contribution in [2.75, 3.05) is 58.5 Å². The lowest BCUT2D eigenvalue weighted by atomic mass is 10.2. The van der Waals surface area contributed by atoms with Crippen molar-refractivity contribution in [3.8, 4) is 5.75 Å². The van der Waals surface area contributed by atoms with Gasteiger partial charge < -0.3 is 19.5 Å². The minimum Gasteiger partial charge on any atom is -0.495 e. The molecule has 5 heteroatoms. The molecule has 1 N–H and O–H groups in total. The number of hydrogen-bond donors (Lipinski definition) is 1. The molecule has 1 atom stereocenters. The van der Waals surface area contributed by atoms with E-state index in [1.807, 2.05) is 18.2 Å². The predicted octanol–water partition coefficient (Wildman–Crippen LogP) is 0.824. The number of nitrogens with zero attached hydrogens (tertiary/aromatic N) is 2. The first kappa shape index (κ1) is 15.1. The molecule has 112 valence electrons. The van der Waals surface area contributed by atoms with Crippen LogP contribution in [0, 0.1) is 0 Å². The Bertz CT molecular complexity index is 406. The Kier molecular flexibility index (Phi) is 5.64. The van der Waals surface area contributed by atoms with E-state index in [9.17, 15) is 5.11 Å². The zero-order valence-corrected chi connectivity index (χ0v) is 12.3. The zero-order valence-electron chi connectivity index (χ0n) is 12.3. The smallest absolute Gasteiger partial charge is 0.142 e. The predicted molar refractivity (Wildman–Crippen MR) is 79.5 cm³/mol. The van der Waals surface area contributed by atoms with Gasteiger partial charge in [-0.15, -0.1) is 0 Å². The number of benzene rings is 1. The van der Waals surface area contributed by atoms with Crippen LogP contribution in [0.2, 0.25) is 0 Å². The largest absolute Gasteiger partial charge is 0.495 e. The fraction of sp³-hybridized carbons (Fsp3) is 0.600. The number of ether oxygens (including phenoxy) is 2. The molecule has 0 aromatic heterocycles. The molecular weight excluding hydrogens is 256 g/mol. The first-order chi connectivity index (χ1) is 9.74. The van der Waals surface area contributed by atoms with Crippen molar-refractivity contribution in [3.63, 3.8) is 0 Å². The highest BCUT2D eigenvalue weighted by atomic mass is 16.5. The Balaban J connectivity index is 1.88. The monoisotopic (exact) mass is 280 g/mol. The van der Waals surface area contributed by atoms with Gasteiger partial charge in [-0.2, -0.15) is 0 Å². The van der Waals surface area contributed by atoms with Crippen LogP contribution in [0.25, 0.3) is 0 Å². The molecule has 0 aliphatic carbocycles. The minimum absolute atomic E-state index is 0.396. The average Bonchev–Trinajstić information content (AvgIpc) is 2.48. The summed E-state index contributed by atoms with van der Waals surface area (Å²) >= 11 is 0. The molecule has 0 spiro atoms. The van der Waals surface area contributed by atoms with Crippen LogP contribution in [0.15, 0.2) is 24.3 Å². The van der Waals surface area contributed by atoms with E-state index in [4.69, 9.17) is 9.47 Å². The molecule has 0 amide bonds. The lowest BCUT2D eigenvalue weighted by Crippen LogP contribution is -2.49. The van der Waals surface area contributed by atoms with E-state index < -0.39 is 6.10 Å². The quantitative estimate of drug-likeness (QED) is 0.836.